The predicted octanol–water partition coefficient (Wildman–Crippen LogP) is 2.45. The smallest absolute Gasteiger partial charge is 0.329 e. The number of nitro groups is 1. The maximum atomic E-state index is 12.7. The molecule has 2 aromatic carbocycles. The Morgan fingerprint density at radius 1 is 1.06 bits per heavy atom. The molecule has 0 saturated heterocycles. The van der Waals surface area contributed by atoms with Gasteiger partial charge in [-0.25, -0.2) is 5.43 Å². The van der Waals surface area contributed by atoms with E-state index in [4.69, 9.17) is 0 Å². The summed E-state index contributed by atoms with van der Waals surface area (Å²) in [5.74, 6) is -2.81. The Morgan fingerprint density at radius 2 is 1.79 bits per heavy atom. The Morgan fingerprint density at radius 3 is 2.52 bits per heavy atom. The Kier molecular flexibility index (Phi) is 7.68. The number of rotatable bonds is 6. The number of para-hydroxylation sites is 1. The van der Waals surface area contributed by atoms with Crippen LogP contribution in [0.15, 0.2) is 47.6 Å². The molecule has 33 heavy (non-hydrogen) atoms. The second-order valence-electron chi connectivity index (χ2n) is 7.51. The second kappa shape index (κ2) is 10.8. The number of hydrogen-bond donors (Lipinski definition) is 4. The predicted molar refractivity (Wildman–Crippen MR) is 120 cm³/mol. The standard InChI is InChI=1S/C22H23N5O6/c28-19-11-10-16(27(32)33)12-14(19)13-23-26-22(31)21(30)25-18-9-5-4-8-17(18)20(29)24-15-6-2-1-3-7-15/h4-5,8-13,15,28H,1-3,6-7H2,(H,24,29)(H,25,30)(H,26,31). The van der Waals surface area contributed by atoms with Crippen molar-refractivity contribution in [1.82, 2.24) is 10.7 Å². The topological polar surface area (TPSA) is 163 Å². The number of carbonyl (C=O) groups is 3. The van der Waals surface area contributed by atoms with Gasteiger partial charge in [0, 0.05) is 23.7 Å². The van der Waals surface area contributed by atoms with Crippen LogP contribution in [0.1, 0.15) is 48.0 Å². The summed E-state index contributed by atoms with van der Waals surface area (Å²) >= 11 is 0. The number of nitrogens with zero attached hydrogens (tertiary/aromatic N) is 2. The number of carbonyl (C=O) groups excluding carboxylic acids is 3. The van der Waals surface area contributed by atoms with E-state index in [0.29, 0.717) is 0 Å². The molecule has 11 nitrogen and oxygen atoms in total. The van der Waals surface area contributed by atoms with Crippen molar-refractivity contribution in [2.45, 2.75) is 38.1 Å². The molecular formula is C22H23N5O6. The number of non-ortho nitro benzene ring substituents is 1. The zero-order chi connectivity index (χ0) is 23.8. The summed E-state index contributed by atoms with van der Waals surface area (Å²) in [5, 5.41) is 29.5. The molecule has 0 aliphatic heterocycles. The van der Waals surface area contributed by atoms with Crippen LogP contribution in [-0.4, -0.2) is 40.0 Å². The van der Waals surface area contributed by atoms with Gasteiger partial charge >= 0.3 is 11.8 Å². The summed E-state index contributed by atoms with van der Waals surface area (Å²) < 4.78 is 0. The lowest BCUT2D eigenvalue weighted by Crippen LogP contribution is -2.37. The highest BCUT2D eigenvalue weighted by Gasteiger charge is 2.21. The van der Waals surface area contributed by atoms with Crippen molar-refractivity contribution in [1.29, 1.82) is 0 Å². The highest BCUT2D eigenvalue weighted by Crippen LogP contribution is 2.21. The third kappa shape index (κ3) is 6.35. The number of nitro benzene ring substituents is 1. The van der Waals surface area contributed by atoms with Crippen LogP contribution < -0.4 is 16.1 Å². The molecule has 1 fully saturated rings. The van der Waals surface area contributed by atoms with Crippen molar-refractivity contribution < 1.29 is 24.4 Å². The lowest BCUT2D eigenvalue weighted by molar-refractivity contribution is -0.384. The van der Waals surface area contributed by atoms with Gasteiger partial charge in [-0.05, 0) is 31.0 Å². The van der Waals surface area contributed by atoms with Crippen molar-refractivity contribution in [2.24, 2.45) is 5.10 Å². The summed E-state index contributed by atoms with van der Waals surface area (Å²) in [4.78, 5) is 47.2. The number of amides is 3. The third-order valence-corrected chi connectivity index (χ3v) is 5.16. The highest BCUT2D eigenvalue weighted by molar-refractivity contribution is 6.40. The maximum Gasteiger partial charge on any atom is 0.329 e. The third-order valence-electron chi connectivity index (χ3n) is 5.16. The molecule has 1 aliphatic carbocycles. The molecule has 172 valence electrons. The number of aromatic hydroxyl groups is 1. The summed E-state index contributed by atoms with van der Waals surface area (Å²) in [7, 11) is 0. The average molecular weight is 453 g/mol. The maximum absolute atomic E-state index is 12.7. The van der Waals surface area contributed by atoms with E-state index < -0.39 is 16.7 Å². The molecule has 0 aromatic heterocycles. The minimum atomic E-state index is -1.13. The number of benzene rings is 2. The quantitative estimate of drug-likeness (QED) is 0.227. The fraction of sp³-hybridized carbons (Fsp3) is 0.273. The monoisotopic (exact) mass is 453 g/mol. The summed E-state index contributed by atoms with van der Waals surface area (Å²) in [6.45, 7) is 0. The first-order valence-electron chi connectivity index (χ1n) is 10.4. The van der Waals surface area contributed by atoms with Crippen LogP contribution in [0.4, 0.5) is 11.4 Å². The molecule has 0 radical (unpaired) electrons. The summed E-state index contributed by atoms with van der Waals surface area (Å²) in [6.07, 6.45) is 6.04. The van der Waals surface area contributed by atoms with E-state index in [0.717, 1.165) is 56.5 Å². The molecule has 0 heterocycles. The Labute approximate surface area is 189 Å². The zero-order valence-corrected chi connectivity index (χ0v) is 17.6. The number of phenols is 1. The van der Waals surface area contributed by atoms with Crippen molar-refractivity contribution >= 4 is 35.3 Å². The van der Waals surface area contributed by atoms with Crippen LogP contribution in [0.3, 0.4) is 0 Å². The second-order valence-corrected chi connectivity index (χ2v) is 7.51. The van der Waals surface area contributed by atoms with Crippen molar-refractivity contribution in [3.63, 3.8) is 0 Å². The highest BCUT2D eigenvalue weighted by atomic mass is 16.6. The van der Waals surface area contributed by atoms with Crippen LogP contribution in [0.25, 0.3) is 0 Å². The van der Waals surface area contributed by atoms with Gasteiger partial charge in [-0.2, -0.15) is 5.10 Å². The minimum absolute atomic E-state index is 0.0189. The molecule has 2 aromatic rings. The fourth-order valence-corrected chi connectivity index (χ4v) is 3.45. The molecule has 1 saturated carbocycles. The van der Waals surface area contributed by atoms with E-state index in [1.165, 1.54) is 6.07 Å². The van der Waals surface area contributed by atoms with Crippen molar-refractivity contribution in [2.75, 3.05) is 5.32 Å². The van der Waals surface area contributed by atoms with Crippen LogP contribution in [-0.2, 0) is 9.59 Å². The number of anilines is 1. The van der Waals surface area contributed by atoms with E-state index in [9.17, 15) is 29.6 Å². The molecular weight excluding hydrogens is 430 g/mol. The van der Waals surface area contributed by atoms with Gasteiger partial charge in [-0.3, -0.25) is 24.5 Å². The summed E-state index contributed by atoms with van der Waals surface area (Å²) in [5.41, 5.74) is 2.09. The van der Waals surface area contributed by atoms with Gasteiger partial charge < -0.3 is 15.7 Å². The summed E-state index contributed by atoms with van der Waals surface area (Å²) in [6, 6.07) is 9.70. The molecule has 0 atom stereocenters. The van der Waals surface area contributed by atoms with E-state index in [-0.39, 0.29) is 40.2 Å². The Balaban J connectivity index is 1.61. The van der Waals surface area contributed by atoms with E-state index in [1.54, 1.807) is 18.2 Å². The van der Waals surface area contributed by atoms with Crippen LogP contribution in [0, 0.1) is 10.1 Å². The largest absolute Gasteiger partial charge is 0.507 e. The average Bonchev–Trinajstić information content (AvgIpc) is 2.81. The van der Waals surface area contributed by atoms with Gasteiger partial charge in [0.15, 0.2) is 0 Å². The van der Waals surface area contributed by atoms with Gasteiger partial charge in [0.2, 0.25) is 0 Å². The Hall–Kier alpha value is -4.28. The van der Waals surface area contributed by atoms with Crippen LogP contribution >= 0.6 is 0 Å². The normalized spacial score (nSPS) is 13.9. The van der Waals surface area contributed by atoms with Crippen LogP contribution in [0.5, 0.6) is 5.75 Å². The SMILES string of the molecule is O=C(NN=Cc1cc([N+](=O)[O-])ccc1O)C(=O)Nc1ccccc1C(=O)NC1CCCCC1. The first-order chi connectivity index (χ1) is 15.8. The van der Waals surface area contributed by atoms with Gasteiger partial charge in [0.05, 0.1) is 22.4 Å². The molecule has 0 bridgehead atoms. The van der Waals surface area contributed by atoms with Crippen molar-refractivity contribution in [3.05, 3.63) is 63.7 Å². The lowest BCUT2D eigenvalue weighted by Gasteiger charge is -2.23. The zero-order valence-electron chi connectivity index (χ0n) is 17.6. The lowest BCUT2D eigenvalue weighted by atomic mass is 9.95. The van der Waals surface area contributed by atoms with Gasteiger partial charge in [0.25, 0.3) is 11.6 Å². The number of hydrazone groups is 1. The van der Waals surface area contributed by atoms with Crippen molar-refractivity contribution in [3.8, 4) is 5.75 Å². The fourth-order valence-electron chi connectivity index (χ4n) is 3.45. The molecule has 0 spiro atoms. The van der Waals surface area contributed by atoms with E-state index in [2.05, 4.69) is 15.7 Å². The number of phenolic OH excluding ortho intramolecular Hbond substituents is 1. The van der Waals surface area contributed by atoms with Gasteiger partial charge in [-0.1, -0.05) is 31.4 Å². The number of nitrogens with one attached hydrogen (secondary N) is 3. The Bertz CT molecular complexity index is 1090. The van der Waals surface area contributed by atoms with E-state index in [1.807, 2.05) is 5.43 Å². The van der Waals surface area contributed by atoms with Gasteiger partial charge in [0.1, 0.15) is 5.75 Å². The first-order valence-corrected chi connectivity index (χ1v) is 10.4. The van der Waals surface area contributed by atoms with Gasteiger partial charge in [-0.15, -0.1) is 0 Å². The molecule has 3 amide bonds. The number of hydrogen-bond acceptors (Lipinski definition) is 7. The van der Waals surface area contributed by atoms with Crippen LogP contribution in [0.2, 0.25) is 0 Å². The van der Waals surface area contributed by atoms with E-state index >= 15 is 0 Å². The molecule has 4 N–H and O–H groups in total. The minimum Gasteiger partial charge on any atom is -0.507 e. The first kappa shape index (κ1) is 23.4. The molecule has 11 heteroatoms. The molecule has 1 aliphatic rings. The molecule has 0 unspecified atom stereocenters. The molecule has 3 rings (SSSR count).